The average molecular weight is 418 g/mol. The molecule has 2 unspecified atom stereocenters. The first-order valence-electron chi connectivity index (χ1n) is 8.80. The summed E-state index contributed by atoms with van der Waals surface area (Å²) in [6, 6.07) is 0.909. The van der Waals surface area contributed by atoms with Crippen LogP contribution in [0.15, 0.2) is 15.7 Å². The molecule has 2 fully saturated rings. The maximum atomic E-state index is 15.0. The Hall–Kier alpha value is -2.33. The molecule has 2 atom stereocenters. The van der Waals surface area contributed by atoms with E-state index < -0.39 is 29.2 Å². The van der Waals surface area contributed by atoms with Crippen molar-refractivity contribution in [3.8, 4) is 5.75 Å². The van der Waals surface area contributed by atoms with Crippen molar-refractivity contribution in [3.05, 3.63) is 32.7 Å². The summed E-state index contributed by atoms with van der Waals surface area (Å²) in [5.74, 6) is 4.49. The Labute approximate surface area is 165 Å². The van der Waals surface area contributed by atoms with Gasteiger partial charge >= 0.3 is 5.69 Å². The van der Waals surface area contributed by atoms with Gasteiger partial charge in [0, 0.05) is 25.0 Å². The number of anilines is 1. The minimum absolute atomic E-state index is 0. The van der Waals surface area contributed by atoms with Gasteiger partial charge in [-0.25, -0.2) is 13.6 Å². The van der Waals surface area contributed by atoms with Gasteiger partial charge in [-0.15, -0.1) is 12.4 Å². The molecule has 1 saturated carbocycles. The molecule has 11 heteroatoms. The Balaban J connectivity index is 0.00000225. The predicted octanol–water partition coefficient (Wildman–Crippen LogP) is 0.514. The van der Waals surface area contributed by atoms with Crippen LogP contribution in [-0.4, -0.2) is 42.2 Å². The maximum absolute atomic E-state index is 15.0. The highest BCUT2D eigenvalue weighted by molar-refractivity contribution is 5.91. The number of nitrogen functional groups attached to an aromatic ring is 1. The molecule has 0 bridgehead atoms. The van der Waals surface area contributed by atoms with Gasteiger partial charge in [-0.1, -0.05) is 0 Å². The predicted molar refractivity (Wildman–Crippen MR) is 104 cm³/mol. The van der Waals surface area contributed by atoms with Gasteiger partial charge < -0.3 is 21.2 Å². The summed E-state index contributed by atoms with van der Waals surface area (Å²) in [7, 11) is 1.33. The van der Waals surface area contributed by atoms with Crippen LogP contribution >= 0.6 is 12.4 Å². The molecule has 0 spiro atoms. The van der Waals surface area contributed by atoms with Gasteiger partial charge in [0.2, 0.25) is 0 Å². The Morgan fingerprint density at radius 3 is 2.50 bits per heavy atom. The number of hydrogen-bond acceptors (Lipinski definition) is 6. The first-order valence-corrected chi connectivity index (χ1v) is 8.80. The second kappa shape index (κ2) is 7.25. The van der Waals surface area contributed by atoms with Gasteiger partial charge in [0.1, 0.15) is 17.4 Å². The average Bonchev–Trinajstić information content (AvgIpc) is 3.41. The number of nitrogens with zero attached hydrogens (tertiary/aromatic N) is 3. The molecule has 1 aromatic carbocycles. The molecule has 1 saturated heterocycles. The minimum Gasteiger partial charge on any atom is -0.492 e. The standard InChI is InChI=1S/C17H21F2N5O3.ClH/c1-27-15-13-10(16(25)24(21)17(26)23(13)9-2-3-9)4-11(18)14(15)22-6-8(5-20)12(19)7-22;/h4,8-9,12H,2-3,5-7,20-21H2,1H3;1H. The number of ether oxygens (including phenoxy) is 1. The van der Waals surface area contributed by atoms with Gasteiger partial charge in [0.25, 0.3) is 5.56 Å². The zero-order valence-electron chi connectivity index (χ0n) is 15.2. The number of halogens is 3. The molecule has 0 radical (unpaired) electrons. The van der Waals surface area contributed by atoms with Crippen LogP contribution in [0.3, 0.4) is 0 Å². The fraction of sp³-hybridized carbons (Fsp3) is 0.529. The summed E-state index contributed by atoms with van der Waals surface area (Å²) in [5, 5.41) is -0.0477. The SMILES string of the molecule is COc1c(N2CC(F)C(CN)C2)c(F)cc2c(=O)n(N)c(=O)n(C3CC3)c12.Cl. The van der Waals surface area contributed by atoms with Gasteiger partial charge in [0.05, 0.1) is 12.5 Å². The van der Waals surface area contributed by atoms with Crippen molar-refractivity contribution in [2.45, 2.75) is 25.1 Å². The molecule has 4 N–H and O–H groups in total. The largest absolute Gasteiger partial charge is 0.492 e. The van der Waals surface area contributed by atoms with Crippen LogP contribution in [-0.2, 0) is 0 Å². The lowest BCUT2D eigenvalue weighted by Gasteiger charge is -2.24. The normalized spacial score (nSPS) is 21.8. The number of fused-ring (bicyclic) bond motifs is 1. The summed E-state index contributed by atoms with van der Waals surface area (Å²) in [5.41, 5.74) is 4.34. The van der Waals surface area contributed by atoms with E-state index in [4.69, 9.17) is 16.3 Å². The molecule has 8 nitrogen and oxygen atoms in total. The topological polar surface area (TPSA) is 109 Å². The van der Waals surface area contributed by atoms with E-state index in [0.29, 0.717) is 4.68 Å². The smallest absolute Gasteiger partial charge is 0.350 e. The molecule has 28 heavy (non-hydrogen) atoms. The van der Waals surface area contributed by atoms with Crippen molar-refractivity contribution in [3.63, 3.8) is 0 Å². The monoisotopic (exact) mass is 417 g/mol. The lowest BCUT2D eigenvalue weighted by Crippen LogP contribution is -2.44. The van der Waals surface area contributed by atoms with Crippen LogP contribution in [0, 0.1) is 11.7 Å². The Kier molecular flexibility index (Phi) is 5.28. The quantitative estimate of drug-likeness (QED) is 0.702. The van der Waals surface area contributed by atoms with Gasteiger partial charge in [-0.05, 0) is 25.5 Å². The highest BCUT2D eigenvalue weighted by atomic mass is 35.5. The fourth-order valence-electron chi connectivity index (χ4n) is 3.83. The second-order valence-corrected chi connectivity index (χ2v) is 7.11. The van der Waals surface area contributed by atoms with Crippen LogP contribution in [0.5, 0.6) is 5.75 Å². The molecular formula is C17H22ClF2N5O3. The molecule has 0 amide bonds. The van der Waals surface area contributed by atoms with E-state index in [1.807, 2.05) is 0 Å². The number of nitrogens with two attached hydrogens (primary N) is 2. The molecule has 2 heterocycles. The van der Waals surface area contributed by atoms with Crippen molar-refractivity contribution in [1.29, 1.82) is 0 Å². The molecule has 2 aliphatic rings. The lowest BCUT2D eigenvalue weighted by molar-refractivity contribution is 0.289. The van der Waals surface area contributed by atoms with E-state index in [9.17, 15) is 18.4 Å². The van der Waals surface area contributed by atoms with E-state index in [1.165, 1.54) is 16.6 Å². The minimum atomic E-state index is -1.20. The number of rotatable bonds is 4. The number of benzene rings is 1. The molecule has 154 valence electrons. The Morgan fingerprint density at radius 2 is 1.96 bits per heavy atom. The third-order valence-corrected chi connectivity index (χ3v) is 5.38. The highest BCUT2D eigenvalue weighted by Crippen LogP contribution is 2.43. The summed E-state index contributed by atoms with van der Waals surface area (Å²) in [6.45, 7) is 0.320. The number of alkyl halides is 1. The molecule has 1 aliphatic heterocycles. The summed E-state index contributed by atoms with van der Waals surface area (Å²) in [4.78, 5) is 26.6. The first kappa shape index (κ1) is 20.4. The van der Waals surface area contributed by atoms with Crippen molar-refractivity contribution in [1.82, 2.24) is 9.24 Å². The summed E-state index contributed by atoms with van der Waals surface area (Å²) >= 11 is 0. The van der Waals surface area contributed by atoms with E-state index in [1.54, 1.807) is 0 Å². The summed E-state index contributed by atoms with van der Waals surface area (Å²) < 4.78 is 36.5. The van der Waals surface area contributed by atoms with Gasteiger partial charge in [-0.2, -0.15) is 4.68 Å². The second-order valence-electron chi connectivity index (χ2n) is 7.11. The Morgan fingerprint density at radius 1 is 1.29 bits per heavy atom. The molecule has 1 aromatic heterocycles. The summed E-state index contributed by atoms with van der Waals surface area (Å²) in [6.07, 6.45) is 0.292. The lowest BCUT2D eigenvalue weighted by atomic mass is 10.1. The van der Waals surface area contributed by atoms with Crippen LogP contribution in [0.25, 0.3) is 10.9 Å². The number of methoxy groups -OCH3 is 1. The molecule has 1 aliphatic carbocycles. The fourth-order valence-corrected chi connectivity index (χ4v) is 3.83. The number of hydrogen-bond donors (Lipinski definition) is 2. The van der Waals surface area contributed by atoms with Gasteiger partial charge in [-0.3, -0.25) is 9.36 Å². The maximum Gasteiger partial charge on any atom is 0.350 e. The third-order valence-electron chi connectivity index (χ3n) is 5.38. The van der Waals surface area contributed by atoms with E-state index in [2.05, 4.69) is 0 Å². The van der Waals surface area contributed by atoms with Crippen LogP contribution < -0.4 is 32.5 Å². The van der Waals surface area contributed by atoms with E-state index in [-0.39, 0.29) is 60.4 Å². The highest BCUT2D eigenvalue weighted by Gasteiger charge is 2.37. The number of aromatic nitrogens is 2. The third kappa shape index (κ3) is 2.91. The van der Waals surface area contributed by atoms with Crippen LogP contribution in [0.4, 0.5) is 14.5 Å². The van der Waals surface area contributed by atoms with E-state index in [0.717, 1.165) is 18.9 Å². The van der Waals surface area contributed by atoms with Crippen molar-refractivity contribution in [2.75, 3.05) is 37.5 Å². The van der Waals surface area contributed by atoms with Crippen LogP contribution in [0.1, 0.15) is 18.9 Å². The van der Waals surface area contributed by atoms with Crippen molar-refractivity contribution in [2.24, 2.45) is 11.7 Å². The van der Waals surface area contributed by atoms with Crippen molar-refractivity contribution < 1.29 is 13.5 Å². The molecule has 4 rings (SSSR count). The van der Waals surface area contributed by atoms with Crippen LogP contribution in [0.2, 0.25) is 0 Å². The zero-order chi connectivity index (χ0) is 19.5. The molecular weight excluding hydrogens is 396 g/mol. The first-order chi connectivity index (χ1) is 12.9. The van der Waals surface area contributed by atoms with E-state index >= 15 is 0 Å². The van der Waals surface area contributed by atoms with Gasteiger partial charge in [0.15, 0.2) is 11.6 Å². The Bertz CT molecular complexity index is 1040. The molecule has 2 aromatic rings. The zero-order valence-corrected chi connectivity index (χ0v) is 16.0. The van der Waals surface area contributed by atoms with Crippen molar-refractivity contribution >= 4 is 29.0 Å².